The first kappa shape index (κ1) is 13.3. The van der Waals surface area contributed by atoms with Crippen molar-refractivity contribution in [2.45, 2.75) is 19.1 Å². The maximum atomic E-state index is 13.2. The summed E-state index contributed by atoms with van der Waals surface area (Å²) in [6.45, 7) is 1.25. The molecule has 0 bridgehead atoms. The molecule has 7 heteroatoms. The average molecular weight is 251 g/mol. The zero-order valence-electron chi connectivity index (χ0n) is 8.68. The van der Waals surface area contributed by atoms with E-state index in [1.807, 2.05) is 0 Å². The van der Waals surface area contributed by atoms with E-state index in [-0.39, 0.29) is 5.69 Å². The van der Waals surface area contributed by atoms with Crippen molar-refractivity contribution in [2.24, 2.45) is 0 Å². The number of halogens is 4. The van der Waals surface area contributed by atoms with Gasteiger partial charge in [-0.3, -0.25) is 4.79 Å². The Balaban J connectivity index is 2.95. The number of aliphatic carboxylic acids is 1. The molecule has 0 heterocycles. The van der Waals surface area contributed by atoms with Crippen molar-refractivity contribution in [2.75, 3.05) is 5.32 Å². The summed E-state index contributed by atoms with van der Waals surface area (Å²) in [6.07, 6.45) is -4.63. The highest BCUT2D eigenvalue weighted by molar-refractivity contribution is 5.76. The Kier molecular flexibility index (Phi) is 3.59. The summed E-state index contributed by atoms with van der Waals surface area (Å²) < 4.78 is 49.9. The van der Waals surface area contributed by atoms with E-state index in [4.69, 9.17) is 5.11 Å². The Morgan fingerprint density at radius 1 is 1.41 bits per heavy atom. The summed E-state index contributed by atoms with van der Waals surface area (Å²) in [6, 6.07) is 0.760. The fourth-order valence-electron chi connectivity index (χ4n) is 1.10. The first-order chi connectivity index (χ1) is 7.71. The Morgan fingerprint density at radius 3 is 2.41 bits per heavy atom. The third-order valence-electron chi connectivity index (χ3n) is 2.04. The summed E-state index contributed by atoms with van der Waals surface area (Å²) in [7, 11) is 0. The Bertz CT molecular complexity index is 431. The molecular weight excluding hydrogens is 242 g/mol. The molecule has 1 unspecified atom stereocenters. The minimum atomic E-state index is -4.63. The lowest BCUT2D eigenvalue weighted by molar-refractivity contribution is -0.138. The van der Waals surface area contributed by atoms with E-state index in [9.17, 15) is 22.4 Å². The molecule has 2 N–H and O–H groups in total. The lowest BCUT2D eigenvalue weighted by Crippen LogP contribution is -2.26. The molecule has 94 valence electrons. The second-order valence-electron chi connectivity index (χ2n) is 3.40. The number of carboxylic acid groups (broad SMARTS) is 1. The normalized spacial score (nSPS) is 13.2. The van der Waals surface area contributed by atoms with E-state index in [1.165, 1.54) is 6.92 Å². The number of hydrogen-bond donors (Lipinski definition) is 2. The van der Waals surface area contributed by atoms with Crippen molar-refractivity contribution in [1.82, 2.24) is 0 Å². The molecule has 0 aliphatic rings. The van der Waals surface area contributed by atoms with Crippen LogP contribution in [-0.4, -0.2) is 17.1 Å². The van der Waals surface area contributed by atoms with Gasteiger partial charge in [-0.15, -0.1) is 0 Å². The second-order valence-corrected chi connectivity index (χ2v) is 3.40. The highest BCUT2D eigenvalue weighted by atomic mass is 19.4. The van der Waals surface area contributed by atoms with Crippen LogP contribution in [0.1, 0.15) is 12.5 Å². The van der Waals surface area contributed by atoms with E-state index < -0.39 is 29.6 Å². The number of rotatable bonds is 3. The van der Waals surface area contributed by atoms with Gasteiger partial charge in [-0.2, -0.15) is 13.2 Å². The van der Waals surface area contributed by atoms with Crippen LogP contribution >= 0.6 is 0 Å². The van der Waals surface area contributed by atoms with Gasteiger partial charge in [0.25, 0.3) is 0 Å². The minimum Gasteiger partial charge on any atom is -0.480 e. The Hall–Kier alpha value is -1.79. The highest BCUT2D eigenvalue weighted by Crippen LogP contribution is 2.31. The van der Waals surface area contributed by atoms with Crippen molar-refractivity contribution in [3.8, 4) is 0 Å². The van der Waals surface area contributed by atoms with Crippen LogP contribution < -0.4 is 5.32 Å². The molecule has 0 aliphatic carbocycles. The van der Waals surface area contributed by atoms with Gasteiger partial charge in [-0.25, -0.2) is 4.39 Å². The third-order valence-corrected chi connectivity index (χ3v) is 2.04. The van der Waals surface area contributed by atoms with Crippen LogP contribution in [0.3, 0.4) is 0 Å². The molecule has 1 aromatic rings. The maximum absolute atomic E-state index is 13.2. The van der Waals surface area contributed by atoms with Crippen molar-refractivity contribution in [1.29, 1.82) is 0 Å². The molecule has 0 aromatic heterocycles. The van der Waals surface area contributed by atoms with Crippen LogP contribution in [0.5, 0.6) is 0 Å². The number of benzene rings is 1. The van der Waals surface area contributed by atoms with Gasteiger partial charge in [0.2, 0.25) is 0 Å². The molecular formula is C10H9F4NO2. The first-order valence-corrected chi connectivity index (χ1v) is 4.58. The zero-order chi connectivity index (χ0) is 13.2. The van der Waals surface area contributed by atoms with Crippen LogP contribution in [0.4, 0.5) is 23.2 Å². The van der Waals surface area contributed by atoms with Crippen LogP contribution in [-0.2, 0) is 11.0 Å². The summed E-state index contributed by atoms with van der Waals surface area (Å²) in [5.41, 5.74) is -1.41. The molecule has 3 nitrogen and oxygen atoms in total. The number of nitrogens with one attached hydrogen (secondary N) is 1. The van der Waals surface area contributed by atoms with Crippen LogP contribution in [0.25, 0.3) is 0 Å². The number of anilines is 1. The summed E-state index contributed by atoms with van der Waals surface area (Å²) in [5.74, 6) is -2.38. The molecule has 0 fully saturated rings. The van der Waals surface area contributed by atoms with Crippen molar-refractivity contribution < 1.29 is 27.5 Å². The fourth-order valence-corrected chi connectivity index (χ4v) is 1.10. The fraction of sp³-hybridized carbons (Fsp3) is 0.300. The summed E-state index contributed by atoms with van der Waals surface area (Å²) in [4.78, 5) is 10.5. The van der Waals surface area contributed by atoms with E-state index >= 15 is 0 Å². The van der Waals surface area contributed by atoms with E-state index in [0.717, 1.165) is 6.07 Å². The van der Waals surface area contributed by atoms with Gasteiger partial charge in [0, 0.05) is 0 Å². The molecule has 0 aliphatic heterocycles. The number of alkyl halides is 3. The van der Waals surface area contributed by atoms with Crippen LogP contribution in [0, 0.1) is 5.82 Å². The smallest absolute Gasteiger partial charge is 0.416 e. The SMILES string of the molecule is CC(Nc1ccc(C(F)(F)F)cc1F)C(=O)O. The standard InChI is InChI=1S/C10H9F4NO2/c1-5(9(16)17)15-8-3-2-6(4-7(8)11)10(12,13)14/h2-5,15H,1H3,(H,16,17). The van der Waals surface area contributed by atoms with Gasteiger partial charge in [-0.1, -0.05) is 0 Å². The van der Waals surface area contributed by atoms with Gasteiger partial charge in [0.05, 0.1) is 11.3 Å². The van der Waals surface area contributed by atoms with Gasteiger partial charge >= 0.3 is 12.1 Å². The second kappa shape index (κ2) is 4.60. The molecule has 1 atom stereocenters. The molecule has 1 aromatic carbocycles. The number of carboxylic acids is 1. The molecule has 0 saturated carbocycles. The molecule has 0 amide bonds. The Morgan fingerprint density at radius 2 is 2.00 bits per heavy atom. The molecule has 0 radical (unpaired) electrons. The number of carbonyl (C=O) groups is 1. The molecule has 0 saturated heterocycles. The monoisotopic (exact) mass is 251 g/mol. The van der Waals surface area contributed by atoms with E-state index in [1.54, 1.807) is 0 Å². The molecule has 0 spiro atoms. The van der Waals surface area contributed by atoms with E-state index in [2.05, 4.69) is 5.32 Å². The third kappa shape index (κ3) is 3.33. The molecule has 1 rings (SSSR count). The average Bonchev–Trinajstić information content (AvgIpc) is 2.19. The van der Waals surface area contributed by atoms with Gasteiger partial charge < -0.3 is 10.4 Å². The van der Waals surface area contributed by atoms with Crippen LogP contribution in [0.2, 0.25) is 0 Å². The summed E-state index contributed by atoms with van der Waals surface area (Å²) >= 11 is 0. The topological polar surface area (TPSA) is 49.3 Å². The lowest BCUT2D eigenvalue weighted by Gasteiger charge is -2.13. The van der Waals surface area contributed by atoms with Gasteiger partial charge in [0.1, 0.15) is 11.9 Å². The predicted octanol–water partition coefficient (Wildman–Crippen LogP) is 2.73. The Labute approximate surface area is 94.1 Å². The van der Waals surface area contributed by atoms with Crippen molar-refractivity contribution in [3.05, 3.63) is 29.6 Å². The largest absolute Gasteiger partial charge is 0.480 e. The van der Waals surface area contributed by atoms with Crippen molar-refractivity contribution >= 4 is 11.7 Å². The first-order valence-electron chi connectivity index (χ1n) is 4.58. The number of hydrogen-bond acceptors (Lipinski definition) is 2. The minimum absolute atomic E-state index is 0.284. The van der Waals surface area contributed by atoms with Crippen LogP contribution in [0.15, 0.2) is 18.2 Å². The van der Waals surface area contributed by atoms with Crippen molar-refractivity contribution in [3.63, 3.8) is 0 Å². The predicted molar refractivity (Wildman–Crippen MR) is 52.1 cm³/mol. The van der Waals surface area contributed by atoms with Gasteiger partial charge in [-0.05, 0) is 25.1 Å². The van der Waals surface area contributed by atoms with E-state index in [0.29, 0.717) is 12.1 Å². The van der Waals surface area contributed by atoms with Gasteiger partial charge in [0.15, 0.2) is 0 Å². The zero-order valence-corrected chi connectivity index (χ0v) is 8.68. The highest BCUT2D eigenvalue weighted by Gasteiger charge is 2.31. The lowest BCUT2D eigenvalue weighted by atomic mass is 10.2. The quantitative estimate of drug-likeness (QED) is 0.812. The summed E-state index contributed by atoms with van der Waals surface area (Å²) in [5, 5.41) is 10.8. The molecule has 17 heavy (non-hydrogen) atoms. The maximum Gasteiger partial charge on any atom is 0.416 e.